The number of hydrogen-bond acceptors (Lipinski definition) is 5. The standard InChI is InChI=1S/C17H24N4O2S/c1-21(2)13(16-6-5-9-24-16)11-19-17(18)20-12-7-8-14(22-3)15(10-12)23-4/h5-10,13H,11H2,1-4H3,(H3,18,19,20). The van der Waals surface area contributed by atoms with Crippen molar-refractivity contribution in [2.75, 3.05) is 40.2 Å². The molecule has 7 heteroatoms. The Morgan fingerprint density at radius 1 is 1.25 bits per heavy atom. The third kappa shape index (κ3) is 4.62. The second-order valence-electron chi connectivity index (χ2n) is 5.42. The van der Waals surface area contributed by atoms with Crippen molar-refractivity contribution in [3.05, 3.63) is 40.6 Å². The Balaban J connectivity index is 2.05. The molecule has 0 radical (unpaired) electrons. The maximum atomic E-state index is 6.02. The predicted molar refractivity (Wildman–Crippen MR) is 100 cm³/mol. The second kappa shape index (κ2) is 8.56. The molecule has 0 fully saturated rings. The Hall–Kier alpha value is -2.25. The van der Waals surface area contributed by atoms with Crippen LogP contribution in [0.2, 0.25) is 0 Å². The van der Waals surface area contributed by atoms with Crippen LogP contribution in [0.15, 0.2) is 40.7 Å². The zero-order valence-electron chi connectivity index (χ0n) is 14.4. The van der Waals surface area contributed by atoms with Crippen LogP contribution in [0.25, 0.3) is 0 Å². The molecule has 24 heavy (non-hydrogen) atoms. The van der Waals surface area contributed by atoms with Gasteiger partial charge in [0.15, 0.2) is 17.5 Å². The molecule has 1 aromatic heterocycles. The molecule has 2 aromatic rings. The van der Waals surface area contributed by atoms with Crippen molar-refractivity contribution in [3.63, 3.8) is 0 Å². The second-order valence-corrected chi connectivity index (χ2v) is 6.39. The minimum absolute atomic E-state index is 0.204. The number of ether oxygens (including phenoxy) is 2. The number of nitrogens with zero attached hydrogens (tertiary/aromatic N) is 2. The molecule has 0 bridgehead atoms. The first-order valence-electron chi connectivity index (χ1n) is 7.54. The maximum Gasteiger partial charge on any atom is 0.193 e. The van der Waals surface area contributed by atoms with Gasteiger partial charge in [0, 0.05) is 16.6 Å². The highest BCUT2D eigenvalue weighted by molar-refractivity contribution is 7.10. The number of nitrogens with two attached hydrogens (primary N) is 1. The van der Waals surface area contributed by atoms with Gasteiger partial charge in [-0.15, -0.1) is 11.3 Å². The predicted octanol–water partition coefficient (Wildman–Crippen LogP) is 2.79. The van der Waals surface area contributed by atoms with Crippen molar-refractivity contribution in [1.82, 2.24) is 4.90 Å². The topological polar surface area (TPSA) is 72.1 Å². The average molecular weight is 348 g/mol. The molecular formula is C17H24N4O2S. The molecule has 1 unspecified atom stereocenters. The molecule has 3 N–H and O–H groups in total. The molecule has 1 atom stereocenters. The van der Waals surface area contributed by atoms with Crippen molar-refractivity contribution >= 4 is 23.0 Å². The van der Waals surface area contributed by atoms with E-state index < -0.39 is 0 Å². The Morgan fingerprint density at radius 2 is 2.00 bits per heavy atom. The van der Waals surface area contributed by atoms with E-state index in [2.05, 4.69) is 26.7 Å². The largest absolute Gasteiger partial charge is 0.493 e. The first-order valence-corrected chi connectivity index (χ1v) is 8.42. The van der Waals surface area contributed by atoms with Gasteiger partial charge in [-0.3, -0.25) is 4.99 Å². The van der Waals surface area contributed by atoms with Gasteiger partial charge in [0.2, 0.25) is 0 Å². The van der Waals surface area contributed by atoms with Crippen molar-refractivity contribution in [2.24, 2.45) is 10.7 Å². The van der Waals surface area contributed by atoms with Crippen LogP contribution in [0.4, 0.5) is 5.69 Å². The minimum atomic E-state index is 0.204. The summed E-state index contributed by atoms with van der Waals surface area (Å²) in [4.78, 5) is 7.88. The number of thiophene rings is 1. The number of rotatable bonds is 7. The smallest absolute Gasteiger partial charge is 0.193 e. The number of hydrogen-bond donors (Lipinski definition) is 2. The van der Waals surface area contributed by atoms with Crippen LogP contribution in [0.1, 0.15) is 10.9 Å². The zero-order chi connectivity index (χ0) is 17.5. The van der Waals surface area contributed by atoms with E-state index in [-0.39, 0.29) is 6.04 Å². The van der Waals surface area contributed by atoms with Gasteiger partial charge in [0.05, 0.1) is 26.8 Å². The molecule has 0 saturated heterocycles. The van der Waals surface area contributed by atoms with E-state index in [9.17, 15) is 0 Å². The number of benzene rings is 1. The molecule has 0 saturated carbocycles. The zero-order valence-corrected chi connectivity index (χ0v) is 15.3. The summed E-state index contributed by atoms with van der Waals surface area (Å²) in [6, 6.07) is 9.88. The number of nitrogens with one attached hydrogen (secondary N) is 1. The molecular weight excluding hydrogens is 324 g/mol. The van der Waals surface area contributed by atoms with Gasteiger partial charge >= 0.3 is 0 Å². The molecule has 1 aromatic carbocycles. The van der Waals surface area contributed by atoms with E-state index in [4.69, 9.17) is 15.2 Å². The maximum absolute atomic E-state index is 6.02. The quantitative estimate of drug-likeness (QED) is 0.595. The summed E-state index contributed by atoms with van der Waals surface area (Å²) in [5.74, 6) is 1.68. The third-order valence-electron chi connectivity index (χ3n) is 3.59. The molecule has 0 amide bonds. The molecule has 130 valence electrons. The van der Waals surface area contributed by atoms with Crippen molar-refractivity contribution < 1.29 is 9.47 Å². The van der Waals surface area contributed by atoms with Gasteiger partial charge in [-0.2, -0.15) is 0 Å². The molecule has 2 rings (SSSR count). The number of guanidine groups is 1. The highest BCUT2D eigenvalue weighted by Gasteiger charge is 2.14. The third-order valence-corrected chi connectivity index (χ3v) is 4.56. The Bertz CT molecular complexity index is 671. The van der Waals surface area contributed by atoms with E-state index in [0.717, 1.165) is 5.69 Å². The summed E-state index contributed by atoms with van der Waals surface area (Å²) in [6.45, 7) is 0.583. The van der Waals surface area contributed by atoms with Crippen molar-refractivity contribution in [2.45, 2.75) is 6.04 Å². The van der Waals surface area contributed by atoms with Gasteiger partial charge in [-0.1, -0.05) is 6.07 Å². The van der Waals surface area contributed by atoms with Crippen LogP contribution in [0.3, 0.4) is 0 Å². The van der Waals surface area contributed by atoms with Crippen molar-refractivity contribution in [1.29, 1.82) is 0 Å². The SMILES string of the molecule is COc1ccc(NC(N)=NCC(c2cccs2)N(C)C)cc1OC. The number of methoxy groups -OCH3 is 2. The fourth-order valence-corrected chi connectivity index (χ4v) is 3.19. The van der Waals surface area contributed by atoms with Crippen LogP contribution in [0, 0.1) is 0 Å². The number of likely N-dealkylation sites (N-methyl/N-ethyl adjacent to an activating group) is 1. The minimum Gasteiger partial charge on any atom is -0.493 e. The monoisotopic (exact) mass is 348 g/mol. The van der Waals surface area contributed by atoms with Gasteiger partial charge in [0.1, 0.15) is 0 Å². The lowest BCUT2D eigenvalue weighted by molar-refractivity contribution is 0.311. The average Bonchev–Trinajstić information content (AvgIpc) is 3.08. The van der Waals surface area contributed by atoms with Gasteiger partial charge in [-0.25, -0.2) is 0 Å². The molecule has 0 spiro atoms. The van der Waals surface area contributed by atoms with Gasteiger partial charge < -0.3 is 25.4 Å². The van der Waals surface area contributed by atoms with Crippen LogP contribution in [0.5, 0.6) is 11.5 Å². The summed E-state index contributed by atoms with van der Waals surface area (Å²) in [5, 5.41) is 5.15. The summed E-state index contributed by atoms with van der Waals surface area (Å²) in [5.41, 5.74) is 6.82. The lowest BCUT2D eigenvalue weighted by Crippen LogP contribution is -2.26. The fourth-order valence-electron chi connectivity index (χ4n) is 2.27. The lowest BCUT2D eigenvalue weighted by atomic mass is 10.2. The van der Waals surface area contributed by atoms with Crippen LogP contribution >= 0.6 is 11.3 Å². The summed E-state index contributed by atoms with van der Waals surface area (Å²) < 4.78 is 10.5. The molecule has 0 aliphatic rings. The number of aliphatic imine (C=N–C) groups is 1. The fraction of sp³-hybridized carbons (Fsp3) is 0.353. The van der Waals surface area contributed by atoms with Crippen LogP contribution in [-0.4, -0.2) is 45.7 Å². The molecule has 0 aliphatic heterocycles. The summed E-state index contributed by atoms with van der Waals surface area (Å²) in [7, 11) is 7.28. The molecule has 0 aliphatic carbocycles. The van der Waals surface area contributed by atoms with Crippen LogP contribution in [-0.2, 0) is 0 Å². The van der Waals surface area contributed by atoms with E-state index in [0.29, 0.717) is 24.0 Å². The van der Waals surface area contributed by atoms with E-state index >= 15 is 0 Å². The first kappa shape index (κ1) is 18.1. The van der Waals surface area contributed by atoms with E-state index in [1.807, 2.05) is 38.4 Å². The Morgan fingerprint density at radius 3 is 2.58 bits per heavy atom. The molecule has 1 heterocycles. The van der Waals surface area contributed by atoms with E-state index in [1.54, 1.807) is 25.6 Å². The number of anilines is 1. The van der Waals surface area contributed by atoms with E-state index in [1.165, 1.54) is 4.88 Å². The normalized spacial score (nSPS) is 13.0. The lowest BCUT2D eigenvalue weighted by Gasteiger charge is -2.21. The van der Waals surface area contributed by atoms with Gasteiger partial charge in [0.25, 0.3) is 0 Å². The van der Waals surface area contributed by atoms with Gasteiger partial charge in [-0.05, 0) is 37.7 Å². The van der Waals surface area contributed by atoms with Crippen molar-refractivity contribution in [3.8, 4) is 11.5 Å². The summed E-state index contributed by atoms with van der Waals surface area (Å²) >= 11 is 1.72. The van der Waals surface area contributed by atoms with Crippen LogP contribution < -0.4 is 20.5 Å². The Labute approximate surface area is 146 Å². The Kier molecular flexibility index (Phi) is 6.45. The summed E-state index contributed by atoms with van der Waals surface area (Å²) in [6.07, 6.45) is 0. The highest BCUT2D eigenvalue weighted by Crippen LogP contribution is 2.29. The highest BCUT2D eigenvalue weighted by atomic mass is 32.1. The molecule has 6 nitrogen and oxygen atoms in total. The first-order chi connectivity index (χ1) is 11.5.